The number of aromatic nitrogens is 2. The van der Waals surface area contributed by atoms with E-state index in [1.54, 1.807) is 0 Å². The summed E-state index contributed by atoms with van der Waals surface area (Å²) < 4.78 is 2.07. The standard InChI is InChI=1S/C17H30ClN3/c1-5-13-7-9-14(10-8-13)15(19-4)11-16-17(18)12(3)20-21(16)6-2/h13-15,19H,5-11H2,1-4H3. The number of aryl methyl sites for hydroxylation is 2. The van der Waals surface area contributed by atoms with Gasteiger partial charge in [0.2, 0.25) is 0 Å². The van der Waals surface area contributed by atoms with Crippen LogP contribution in [0.3, 0.4) is 0 Å². The molecule has 0 amide bonds. The molecule has 0 aromatic carbocycles. The maximum atomic E-state index is 6.47. The second-order valence-corrected chi connectivity index (χ2v) is 6.83. The SMILES string of the molecule is CCC1CCC(C(Cc2c(Cl)c(C)nn2CC)NC)CC1. The first-order valence-electron chi connectivity index (χ1n) is 8.49. The van der Waals surface area contributed by atoms with Gasteiger partial charge in [0.05, 0.1) is 16.4 Å². The number of halogens is 1. The van der Waals surface area contributed by atoms with Crippen molar-refractivity contribution in [2.75, 3.05) is 7.05 Å². The third kappa shape index (κ3) is 3.81. The first-order valence-corrected chi connectivity index (χ1v) is 8.87. The van der Waals surface area contributed by atoms with Crippen LogP contribution in [0.25, 0.3) is 0 Å². The first-order chi connectivity index (χ1) is 10.1. The normalized spacial score (nSPS) is 24.2. The Bertz CT molecular complexity index is 447. The molecule has 1 aromatic heterocycles. The molecule has 4 heteroatoms. The number of nitrogens with one attached hydrogen (secondary N) is 1. The van der Waals surface area contributed by atoms with E-state index >= 15 is 0 Å². The largest absolute Gasteiger partial charge is 0.316 e. The van der Waals surface area contributed by atoms with Crippen LogP contribution in [0.5, 0.6) is 0 Å². The van der Waals surface area contributed by atoms with Crippen molar-refractivity contribution in [3.8, 4) is 0 Å². The smallest absolute Gasteiger partial charge is 0.0847 e. The summed E-state index contributed by atoms with van der Waals surface area (Å²) in [6.45, 7) is 7.34. The fraction of sp³-hybridized carbons (Fsp3) is 0.824. The van der Waals surface area contributed by atoms with E-state index in [0.29, 0.717) is 6.04 Å². The second-order valence-electron chi connectivity index (χ2n) is 6.45. The molecule has 1 unspecified atom stereocenters. The molecular weight excluding hydrogens is 282 g/mol. The van der Waals surface area contributed by atoms with Gasteiger partial charge in [-0.15, -0.1) is 0 Å². The van der Waals surface area contributed by atoms with Crippen molar-refractivity contribution in [1.29, 1.82) is 0 Å². The van der Waals surface area contributed by atoms with Crippen molar-refractivity contribution in [2.45, 2.75) is 71.9 Å². The van der Waals surface area contributed by atoms with Gasteiger partial charge in [0.15, 0.2) is 0 Å². The van der Waals surface area contributed by atoms with Crippen LogP contribution in [0.2, 0.25) is 5.02 Å². The molecule has 1 heterocycles. The van der Waals surface area contributed by atoms with Gasteiger partial charge in [0.1, 0.15) is 0 Å². The predicted octanol–water partition coefficient (Wildman–Crippen LogP) is 4.21. The molecule has 1 N–H and O–H groups in total. The molecular formula is C17H30ClN3. The van der Waals surface area contributed by atoms with Gasteiger partial charge in [-0.3, -0.25) is 4.68 Å². The Morgan fingerprint density at radius 3 is 2.48 bits per heavy atom. The fourth-order valence-corrected chi connectivity index (χ4v) is 3.99. The van der Waals surface area contributed by atoms with E-state index in [1.807, 2.05) is 6.92 Å². The van der Waals surface area contributed by atoms with Crippen LogP contribution < -0.4 is 5.32 Å². The second kappa shape index (κ2) is 7.64. The minimum Gasteiger partial charge on any atom is -0.316 e. The molecule has 1 saturated carbocycles. The molecule has 3 nitrogen and oxygen atoms in total. The third-order valence-electron chi connectivity index (χ3n) is 5.27. The van der Waals surface area contributed by atoms with Crippen LogP contribution in [0.1, 0.15) is 57.3 Å². The van der Waals surface area contributed by atoms with Crippen molar-refractivity contribution < 1.29 is 0 Å². The van der Waals surface area contributed by atoms with Gasteiger partial charge < -0.3 is 5.32 Å². The maximum absolute atomic E-state index is 6.47. The molecule has 0 saturated heterocycles. The zero-order valence-corrected chi connectivity index (χ0v) is 14.7. The van der Waals surface area contributed by atoms with Gasteiger partial charge in [-0.05, 0) is 45.6 Å². The first kappa shape index (κ1) is 16.8. The Hall–Kier alpha value is -0.540. The van der Waals surface area contributed by atoms with Crippen molar-refractivity contribution in [1.82, 2.24) is 15.1 Å². The van der Waals surface area contributed by atoms with E-state index in [2.05, 4.69) is 36.0 Å². The molecule has 1 aromatic rings. The van der Waals surface area contributed by atoms with Crippen LogP contribution >= 0.6 is 11.6 Å². The number of hydrogen-bond acceptors (Lipinski definition) is 2. The molecule has 1 aliphatic carbocycles. The zero-order valence-electron chi connectivity index (χ0n) is 14.0. The quantitative estimate of drug-likeness (QED) is 0.853. The number of hydrogen-bond donors (Lipinski definition) is 1. The summed E-state index contributed by atoms with van der Waals surface area (Å²) >= 11 is 6.47. The van der Waals surface area contributed by atoms with Crippen molar-refractivity contribution in [3.05, 3.63) is 16.4 Å². The number of likely N-dealkylation sites (N-methyl/N-ethyl adjacent to an activating group) is 1. The van der Waals surface area contributed by atoms with E-state index < -0.39 is 0 Å². The molecule has 0 spiro atoms. The summed E-state index contributed by atoms with van der Waals surface area (Å²) in [5, 5.41) is 8.95. The van der Waals surface area contributed by atoms with Gasteiger partial charge in [0, 0.05) is 19.0 Å². The molecule has 1 atom stereocenters. The molecule has 120 valence electrons. The Balaban J connectivity index is 2.06. The van der Waals surface area contributed by atoms with Gasteiger partial charge in [-0.1, -0.05) is 37.8 Å². The van der Waals surface area contributed by atoms with Crippen molar-refractivity contribution in [2.24, 2.45) is 11.8 Å². The summed E-state index contributed by atoms with van der Waals surface area (Å²) in [6, 6.07) is 0.515. The molecule has 0 bridgehead atoms. The van der Waals surface area contributed by atoms with Crippen molar-refractivity contribution >= 4 is 11.6 Å². The van der Waals surface area contributed by atoms with Crippen LogP contribution in [-0.2, 0) is 13.0 Å². The van der Waals surface area contributed by atoms with Crippen LogP contribution in [-0.4, -0.2) is 22.9 Å². The highest BCUT2D eigenvalue weighted by Crippen LogP contribution is 2.34. The van der Waals surface area contributed by atoms with Crippen LogP contribution in [0.15, 0.2) is 0 Å². The number of nitrogens with zero attached hydrogens (tertiary/aromatic N) is 2. The van der Waals surface area contributed by atoms with Crippen LogP contribution in [0, 0.1) is 18.8 Å². The Morgan fingerprint density at radius 2 is 1.95 bits per heavy atom. The van der Waals surface area contributed by atoms with E-state index in [4.69, 9.17) is 11.6 Å². The molecule has 21 heavy (non-hydrogen) atoms. The average molecular weight is 312 g/mol. The van der Waals surface area contributed by atoms with Gasteiger partial charge >= 0.3 is 0 Å². The summed E-state index contributed by atoms with van der Waals surface area (Å²) in [4.78, 5) is 0. The Morgan fingerprint density at radius 1 is 1.29 bits per heavy atom. The van der Waals surface area contributed by atoms with Gasteiger partial charge in [-0.2, -0.15) is 5.10 Å². The minimum atomic E-state index is 0.515. The Kier molecular flexibility index (Phi) is 6.12. The zero-order chi connectivity index (χ0) is 15.4. The predicted molar refractivity (Wildman–Crippen MR) is 89.9 cm³/mol. The molecule has 0 aliphatic heterocycles. The highest BCUT2D eigenvalue weighted by molar-refractivity contribution is 6.31. The highest BCUT2D eigenvalue weighted by atomic mass is 35.5. The summed E-state index contributed by atoms with van der Waals surface area (Å²) in [6.07, 6.45) is 7.80. The maximum Gasteiger partial charge on any atom is 0.0847 e. The van der Waals surface area contributed by atoms with Crippen LogP contribution in [0.4, 0.5) is 0 Å². The van der Waals surface area contributed by atoms with Gasteiger partial charge in [0.25, 0.3) is 0 Å². The van der Waals surface area contributed by atoms with Crippen molar-refractivity contribution in [3.63, 3.8) is 0 Å². The minimum absolute atomic E-state index is 0.515. The van der Waals surface area contributed by atoms with E-state index in [-0.39, 0.29) is 0 Å². The lowest BCUT2D eigenvalue weighted by atomic mass is 9.76. The summed E-state index contributed by atoms with van der Waals surface area (Å²) in [5.41, 5.74) is 2.16. The lowest BCUT2D eigenvalue weighted by Crippen LogP contribution is -2.38. The summed E-state index contributed by atoms with van der Waals surface area (Å²) in [5.74, 6) is 1.72. The average Bonchev–Trinajstić information content (AvgIpc) is 2.80. The van der Waals surface area contributed by atoms with E-state index in [0.717, 1.165) is 35.5 Å². The van der Waals surface area contributed by atoms with Gasteiger partial charge in [-0.25, -0.2) is 0 Å². The third-order valence-corrected chi connectivity index (χ3v) is 5.77. The Labute approximate surface area is 134 Å². The monoisotopic (exact) mass is 311 g/mol. The lowest BCUT2D eigenvalue weighted by molar-refractivity contribution is 0.220. The molecule has 1 fully saturated rings. The van der Waals surface area contributed by atoms with E-state index in [9.17, 15) is 0 Å². The van der Waals surface area contributed by atoms with E-state index in [1.165, 1.54) is 37.8 Å². The molecule has 0 radical (unpaired) electrons. The number of rotatable bonds is 6. The molecule has 2 rings (SSSR count). The topological polar surface area (TPSA) is 29.9 Å². The fourth-order valence-electron chi connectivity index (χ4n) is 3.78. The molecule has 1 aliphatic rings. The highest BCUT2D eigenvalue weighted by Gasteiger charge is 2.28. The lowest BCUT2D eigenvalue weighted by Gasteiger charge is -2.33. The summed E-state index contributed by atoms with van der Waals surface area (Å²) in [7, 11) is 2.09.